The van der Waals surface area contributed by atoms with Crippen molar-refractivity contribution in [2.75, 3.05) is 5.73 Å². The van der Waals surface area contributed by atoms with Crippen molar-refractivity contribution in [3.8, 4) is 11.3 Å². The molecule has 0 aliphatic carbocycles. The number of nitrogens with zero attached hydrogens (tertiary/aromatic N) is 1. The van der Waals surface area contributed by atoms with E-state index in [0.717, 1.165) is 11.3 Å². The summed E-state index contributed by atoms with van der Waals surface area (Å²) in [5.41, 5.74) is 10.9. The second-order valence-electron chi connectivity index (χ2n) is 3.85. The summed E-state index contributed by atoms with van der Waals surface area (Å²) in [5.74, 6) is 0. The Labute approximate surface area is 89.8 Å². The van der Waals surface area contributed by atoms with E-state index in [4.69, 9.17) is 5.73 Å². The molecule has 1 aromatic heterocycles. The van der Waals surface area contributed by atoms with Crippen molar-refractivity contribution in [1.82, 2.24) is 4.98 Å². The lowest BCUT2D eigenvalue weighted by molar-refractivity contribution is 1.30. The Morgan fingerprint density at radius 2 is 1.67 bits per heavy atom. The molecule has 15 heavy (non-hydrogen) atoms. The minimum absolute atomic E-state index is 0.697. The number of aryl methyl sites for hydroxylation is 2. The van der Waals surface area contributed by atoms with Crippen molar-refractivity contribution >= 4 is 5.69 Å². The lowest BCUT2D eigenvalue weighted by atomic mass is 10.0. The molecule has 0 fully saturated rings. The van der Waals surface area contributed by atoms with Crippen molar-refractivity contribution in [3.05, 3.63) is 47.7 Å². The lowest BCUT2D eigenvalue weighted by Crippen LogP contribution is -1.89. The van der Waals surface area contributed by atoms with Crippen LogP contribution in [0.4, 0.5) is 5.69 Å². The maximum absolute atomic E-state index is 5.60. The summed E-state index contributed by atoms with van der Waals surface area (Å²) in [4.78, 5) is 4.31. The highest BCUT2D eigenvalue weighted by Gasteiger charge is 2.00. The molecule has 0 aliphatic rings. The van der Waals surface area contributed by atoms with Gasteiger partial charge in [0.05, 0.1) is 17.6 Å². The molecular formula is C13H14N2. The van der Waals surface area contributed by atoms with Crippen LogP contribution >= 0.6 is 0 Å². The number of anilines is 1. The van der Waals surface area contributed by atoms with Crippen LogP contribution in [0.15, 0.2) is 36.5 Å². The van der Waals surface area contributed by atoms with E-state index in [0.29, 0.717) is 5.69 Å². The molecule has 1 heterocycles. The molecule has 0 bridgehead atoms. The number of hydrogen-bond donors (Lipinski definition) is 1. The third-order valence-electron chi connectivity index (χ3n) is 2.30. The molecule has 0 unspecified atom stereocenters. The zero-order valence-electron chi connectivity index (χ0n) is 8.99. The zero-order chi connectivity index (χ0) is 10.8. The second-order valence-corrected chi connectivity index (χ2v) is 3.85. The normalized spacial score (nSPS) is 10.3. The highest BCUT2D eigenvalue weighted by molar-refractivity contribution is 5.62. The second kappa shape index (κ2) is 3.73. The van der Waals surface area contributed by atoms with Crippen LogP contribution in [-0.4, -0.2) is 4.98 Å². The first-order valence-corrected chi connectivity index (χ1v) is 4.95. The summed E-state index contributed by atoms with van der Waals surface area (Å²) in [6.45, 7) is 4.18. The average Bonchev–Trinajstić information content (AvgIpc) is 2.17. The summed E-state index contributed by atoms with van der Waals surface area (Å²) < 4.78 is 0. The van der Waals surface area contributed by atoms with Gasteiger partial charge in [-0.2, -0.15) is 0 Å². The van der Waals surface area contributed by atoms with Crippen LogP contribution in [0.2, 0.25) is 0 Å². The predicted octanol–water partition coefficient (Wildman–Crippen LogP) is 2.95. The minimum Gasteiger partial charge on any atom is -0.397 e. The molecule has 2 aromatic rings. The van der Waals surface area contributed by atoms with Crippen molar-refractivity contribution < 1.29 is 0 Å². The Bertz CT molecular complexity index is 452. The highest BCUT2D eigenvalue weighted by Crippen LogP contribution is 2.20. The van der Waals surface area contributed by atoms with Gasteiger partial charge in [0.25, 0.3) is 0 Å². The largest absolute Gasteiger partial charge is 0.397 e. The first-order chi connectivity index (χ1) is 7.15. The highest BCUT2D eigenvalue weighted by atomic mass is 14.7. The summed E-state index contributed by atoms with van der Waals surface area (Å²) in [5, 5.41) is 0. The first-order valence-electron chi connectivity index (χ1n) is 4.95. The van der Waals surface area contributed by atoms with E-state index in [1.54, 1.807) is 6.20 Å². The average molecular weight is 198 g/mol. The quantitative estimate of drug-likeness (QED) is 0.765. The standard InChI is InChI=1S/C13H14N2/c1-9-5-10(2)7-11(6-9)13-4-3-12(14)8-15-13/h3-8H,14H2,1-2H3. The van der Waals surface area contributed by atoms with Gasteiger partial charge in [-0.1, -0.05) is 17.2 Å². The van der Waals surface area contributed by atoms with Crippen LogP contribution in [0.1, 0.15) is 11.1 Å². The van der Waals surface area contributed by atoms with Crippen LogP contribution in [-0.2, 0) is 0 Å². The van der Waals surface area contributed by atoms with Crippen molar-refractivity contribution in [2.24, 2.45) is 0 Å². The number of rotatable bonds is 1. The van der Waals surface area contributed by atoms with Gasteiger partial charge in [0.2, 0.25) is 0 Å². The first kappa shape index (κ1) is 9.71. The molecule has 2 heteroatoms. The fraction of sp³-hybridized carbons (Fsp3) is 0.154. The smallest absolute Gasteiger partial charge is 0.0703 e. The third-order valence-corrected chi connectivity index (χ3v) is 2.30. The summed E-state index contributed by atoms with van der Waals surface area (Å²) in [6, 6.07) is 10.2. The maximum Gasteiger partial charge on any atom is 0.0703 e. The fourth-order valence-corrected chi connectivity index (χ4v) is 1.70. The van der Waals surface area contributed by atoms with Gasteiger partial charge < -0.3 is 5.73 Å². The van der Waals surface area contributed by atoms with Crippen LogP contribution in [0, 0.1) is 13.8 Å². The minimum atomic E-state index is 0.697. The van der Waals surface area contributed by atoms with Gasteiger partial charge >= 0.3 is 0 Å². The Kier molecular flexibility index (Phi) is 2.42. The number of pyridine rings is 1. The molecule has 2 N–H and O–H groups in total. The Morgan fingerprint density at radius 3 is 2.20 bits per heavy atom. The molecule has 0 amide bonds. The molecule has 0 radical (unpaired) electrons. The molecule has 0 saturated carbocycles. The van der Waals surface area contributed by atoms with Gasteiger partial charge in [-0.05, 0) is 38.1 Å². The third kappa shape index (κ3) is 2.15. The van der Waals surface area contributed by atoms with Crippen LogP contribution in [0.25, 0.3) is 11.3 Å². The number of hydrogen-bond acceptors (Lipinski definition) is 2. The van der Waals surface area contributed by atoms with E-state index >= 15 is 0 Å². The van der Waals surface area contributed by atoms with E-state index in [1.807, 2.05) is 12.1 Å². The molecule has 0 spiro atoms. The van der Waals surface area contributed by atoms with E-state index in [9.17, 15) is 0 Å². The number of benzene rings is 1. The molecule has 0 atom stereocenters. The van der Waals surface area contributed by atoms with Gasteiger partial charge in [0, 0.05) is 5.56 Å². The van der Waals surface area contributed by atoms with Crippen molar-refractivity contribution in [3.63, 3.8) is 0 Å². The Hall–Kier alpha value is -1.83. The lowest BCUT2D eigenvalue weighted by Gasteiger charge is -2.04. The van der Waals surface area contributed by atoms with E-state index in [2.05, 4.69) is 37.0 Å². The van der Waals surface area contributed by atoms with Crippen molar-refractivity contribution in [2.45, 2.75) is 13.8 Å². The molecule has 1 aromatic carbocycles. The van der Waals surface area contributed by atoms with Crippen LogP contribution in [0.3, 0.4) is 0 Å². The van der Waals surface area contributed by atoms with E-state index in [1.165, 1.54) is 11.1 Å². The molecule has 2 rings (SSSR count). The fourth-order valence-electron chi connectivity index (χ4n) is 1.70. The Balaban J connectivity index is 2.49. The molecule has 2 nitrogen and oxygen atoms in total. The molecular weight excluding hydrogens is 184 g/mol. The summed E-state index contributed by atoms with van der Waals surface area (Å²) >= 11 is 0. The van der Waals surface area contributed by atoms with Crippen LogP contribution < -0.4 is 5.73 Å². The van der Waals surface area contributed by atoms with Gasteiger partial charge in [-0.3, -0.25) is 4.98 Å². The topological polar surface area (TPSA) is 38.9 Å². The number of nitrogens with two attached hydrogens (primary N) is 1. The molecule has 0 saturated heterocycles. The summed E-state index contributed by atoms with van der Waals surface area (Å²) in [6.07, 6.45) is 1.69. The predicted molar refractivity (Wildman–Crippen MR) is 63.6 cm³/mol. The monoisotopic (exact) mass is 198 g/mol. The Morgan fingerprint density at radius 1 is 1.00 bits per heavy atom. The number of aromatic nitrogens is 1. The van der Waals surface area contributed by atoms with E-state index in [-0.39, 0.29) is 0 Å². The van der Waals surface area contributed by atoms with Crippen molar-refractivity contribution in [1.29, 1.82) is 0 Å². The van der Waals surface area contributed by atoms with Gasteiger partial charge in [0.1, 0.15) is 0 Å². The zero-order valence-corrected chi connectivity index (χ0v) is 8.99. The van der Waals surface area contributed by atoms with Crippen LogP contribution in [0.5, 0.6) is 0 Å². The molecule has 0 aliphatic heterocycles. The van der Waals surface area contributed by atoms with Gasteiger partial charge in [-0.25, -0.2) is 0 Å². The number of nitrogen functional groups attached to an aromatic ring is 1. The van der Waals surface area contributed by atoms with Gasteiger partial charge in [-0.15, -0.1) is 0 Å². The maximum atomic E-state index is 5.60. The summed E-state index contributed by atoms with van der Waals surface area (Å²) in [7, 11) is 0. The van der Waals surface area contributed by atoms with Gasteiger partial charge in [0.15, 0.2) is 0 Å². The SMILES string of the molecule is Cc1cc(C)cc(-c2ccc(N)cn2)c1. The van der Waals surface area contributed by atoms with E-state index < -0.39 is 0 Å². The molecule has 76 valence electrons.